The van der Waals surface area contributed by atoms with Gasteiger partial charge in [-0.25, -0.2) is 4.39 Å². The maximum Gasteiger partial charge on any atom is 0.471 e. The minimum Gasteiger partial charge on any atom is -0.492 e. The zero-order chi connectivity index (χ0) is 15.9. The van der Waals surface area contributed by atoms with Crippen LogP contribution in [0.2, 0.25) is 0 Å². The van der Waals surface area contributed by atoms with Crippen LogP contribution in [0.4, 0.5) is 17.6 Å². The second-order valence-corrected chi connectivity index (χ2v) is 4.94. The minimum absolute atomic E-state index is 0.0695. The summed E-state index contributed by atoms with van der Waals surface area (Å²) in [5.41, 5.74) is 0.420. The van der Waals surface area contributed by atoms with Gasteiger partial charge in [-0.1, -0.05) is 5.16 Å². The number of fused-ring (bicyclic) bond motifs is 1. The molecule has 1 aliphatic heterocycles. The van der Waals surface area contributed by atoms with Crippen LogP contribution in [0.1, 0.15) is 11.5 Å². The maximum absolute atomic E-state index is 14.2. The lowest BCUT2D eigenvalue weighted by atomic mass is 10.1. The van der Waals surface area contributed by atoms with Crippen molar-refractivity contribution < 1.29 is 26.8 Å². The smallest absolute Gasteiger partial charge is 0.471 e. The van der Waals surface area contributed by atoms with E-state index >= 15 is 0 Å². The molecule has 1 aliphatic rings. The summed E-state index contributed by atoms with van der Waals surface area (Å²) in [5.74, 6) is -2.12. The van der Waals surface area contributed by atoms with Crippen molar-refractivity contribution >= 4 is 0 Å². The number of hydrogen-bond acceptors (Lipinski definition) is 5. The largest absolute Gasteiger partial charge is 0.492 e. The molecule has 0 saturated carbocycles. The summed E-state index contributed by atoms with van der Waals surface area (Å²) < 4.78 is 61.2. The summed E-state index contributed by atoms with van der Waals surface area (Å²) >= 11 is 0. The van der Waals surface area contributed by atoms with Crippen molar-refractivity contribution in [3.63, 3.8) is 0 Å². The first kappa shape index (κ1) is 14.8. The lowest BCUT2D eigenvalue weighted by Crippen LogP contribution is -2.20. The number of nitrogens with zero attached hydrogens (tertiary/aromatic N) is 3. The Morgan fingerprint density at radius 1 is 1.27 bits per heavy atom. The van der Waals surface area contributed by atoms with Crippen LogP contribution in [0.15, 0.2) is 16.7 Å². The second-order valence-electron chi connectivity index (χ2n) is 4.94. The Morgan fingerprint density at radius 2 is 2.05 bits per heavy atom. The molecule has 2 heterocycles. The van der Waals surface area contributed by atoms with Crippen LogP contribution in [0.25, 0.3) is 11.4 Å². The second kappa shape index (κ2) is 5.24. The van der Waals surface area contributed by atoms with E-state index in [1.807, 2.05) is 11.9 Å². The monoisotopic (exact) mass is 317 g/mol. The van der Waals surface area contributed by atoms with E-state index in [2.05, 4.69) is 14.7 Å². The highest BCUT2D eigenvalue weighted by Crippen LogP contribution is 2.33. The van der Waals surface area contributed by atoms with Gasteiger partial charge in [0.25, 0.3) is 0 Å². The first-order valence-corrected chi connectivity index (χ1v) is 6.39. The van der Waals surface area contributed by atoms with Gasteiger partial charge in [0.2, 0.25) is 5.82 Å². The van der Waals surface area contributed by atoms with Crippen molar-refractivity contribution in [2.75, 3.05) is 20.2 Å². The fraction of sp³-hybridized carbons (Fsp3) is 0.385. The Labute approximate surface area is 122 Å². The van der Waals surface area contributed by atoms with E-state index in [1.165, 1.54) is 6.07 Å². The van der Waals surface area contributed by atoms with Crippen molar-refractivity contribution in [3.05, 3.63) is 29.4 Å². The van der Waals surface area contributed by atoms with Gasteiger partial charge < -0.3 is 9.26 Å². The Kier molecular flexibility index (Phi) is 3.51. The van der Waals surface area contributed by atoms with E-state index in [-0.39, 0.29) is 17.1 Å². The van der Waals surface area contributed by atoms with Gasteiger partial charge in [0, 0.05) is 24.2 Å². The van der Waals surface area contributed by atoms with Crippen molar-refractivity contribution in [2.45, 2.75) is 12.7 Å². The summed E-state index contributed by atoms with van der Waals surface area (Å²) in [7, 11) is 1.82. The predicted molar refractivity (Wildman–Crippen MR) is 66.5 cm³/mol. The third-order valence-corrected chi connectivity index (χ3v) is 3.24. The van der Waals surface area contributed by atoms with Crippen LogP contribution in [0.5, 0.6) is 5.75 Å². The number of likely N-dealkylation sites (N-methyl/N-ethyl adjacent to an activating group) is 1. The van der Waals surface area contributed by atoms with Crippen molar-refractivity contribution in [2.24, 2.45) is 0 Å². The quantitative estimate of drug-likeness (QED) is 0.757. The lowest BCUT2D eigenvalue weighted by molar-refractivity contribution is -0.159. The van der Waals surface area contributed by atoms with Gasteiger partial charge in [-0.15, -0.1) is 0 Å². The first-order chi connectivity index (χ1) is 10.3. The molecule has 0 spiro atoms. The Bertz CT molecular complexity index is 699. The first-order valence-electron chi connectivity index (χ1n) is 6.39. The fourth-order valence-corrected chi connectivity index (χ4v) is 2.14. The molecule has 9 heteroatoms. The van der Waals surface area contributed by atoms with Crippen molar-refractivity contribution in [1.82, 2.24) is 15.0 Å². The average molecular weight is 317 g/mol. The lowest BCUT2D eigenvalue weighted by Gasteiger charge is -2.12. The summed E-state index contributed by atoms with van der Waals surface area (Å²) in [6, 6.07) is 2.49. The number of ether oxygens (including phenoxy) is 1. The molecule has 3 rings (SSSR count). The van der Waals surface area contributed by atoms with Gasteiger partial charge in [-0.3, -0.25) is 4.90 Å². The highest BCUT2D eigenvalue weighted by atomic mass is 19.4. The highest BCUT2D eigenvalue weighted by molar-refractivity contribution is 5.59. The fourth-order valence-electron chi connectivity index (χ4n) is 2.14. The zero-order valence-electron chi connectivity index (χ0n) is 11.4. The highest BCUT2D eigenvalue weighted by Gasteiger charge is 2.38. The summed E-state index contributed by atoms with van der Waals surface area (Å²) in [6.07, 6.45) is -4.74. The van der Waals surface area contributed by atoms with Crippen LogP contribution < -0.4 is 4.74 Å². The molecular formula is C13H11F4N3O2. The van der Waals surface area contributed by atoms with Crippen LogP contribution >= 0.6 is 0 Å². The molecule has 0 fully saturated rings. The number of rotatable bonds is 1. The summed E-state index contributed by atoms with van der Waals surface area (Å²) in [6.45, 7) is 1.32. The van der Waals surface area contributed by atoms with Gasteiger partial charge in [-0.2, -0.15) is 18.2 Å². The van der Waals surface area contributed by atoms with Crippen LogP contribution in [-0.2, 0) is 12.7 Å². The van der Waals surface area contributed by atoms with Crippen LogP contribution in [0.3, 0.4) is 0 Å². The predicted octanol–water partition coefficient (Wildman–Crippen LogP) is 2.72. The molecule has 1 aromatic carbocycles. The van der Waals surface area contributed by atoms with E-state index in [0.29, 0.717) is 25.3 Å². The zero-order valence-corrected chi connectivity index (χ0v) is 11.4. The van der Waals surface area contributed by atoms with Gasteiger partial charge in [-0.05, 0) is 19.2 Å². The summed E-state index contributed by atoms with van der Waals surface area (Å²) in [4.78, 5) is 5.12. The molecule has 22 heavy (non-hydrogen) atoms. The molecule has 0 N–H and O–H groups in total. The topological polar surface area (TPSA) is 51.4 Å². The molecule has 118 valence electrons. The van der Waals surface area contributed by atoms with E-state index < -0.39 is 17.9 Å². The molecule has 0 atom stereocenters. The number of aromatic nitrogens is 2. The standard InChI is InChI=1S/C13H11F4N3O2/c1-20-2-3-21-10-5-7(4-9(14)8(10)6-20)11-18-12(22-19-11)13(15,16)17/h4-5H,2-3,6H2,1H3. The van der Waals surface area contributed by atoms with Gasteiger partial charge in [0.1, 0.15) is 18.2 Å². The Balaban J connectivity index is 2.01. The minimum atomic E-state index is -4.74. The van der Waals surface area contributed by atoms with Crippen molar-refractivity contribution in [1.29, 1.82) is 0 Å². The van der Waals surface area contributed by atoms with E-state index in [0.717, 1.165) is 6.07 Å². The maximum atomic E-state index is 14.2. The number of alkyl halides is 3. The normalized spacial score (nSPS) is 16.0. The molecule has 5 nitrogen and oxygen atoms in total. The molecule has 0 radical (unpaired) electrons. The molecular weight excluding hydrogens is 306 g/mol. The van der Waals surface area contributed by atoms with E-state index in [9.17, 15) is 17.6 Å². The van der Waals surface area contributed by atoms with Gasteiger partial charge in [0.15, 0.2) is 0 Å². The average Bonchev–Trinajstić information content (AvgIpc) is 2.84. The third kappa shape index (κ3) is 2.76. The summed E-state index contributed by atoms with van der Waals surface area (Å²) in [5, 5.41) is 3.24. The molecule has 0 amide bonds. The molecule has 0 bridgehead atoms. The SMILES string of the molecule is CN1CCOc2cc(-c3noc(C(F)(F)F)n3)cc(F)c2C1. The Morgan fingerprint density at radius 3 is 2.73 bits per heavy atom. The van der Waals surface area contributed by atoms with Gasteiger partial charge >= 0.3 is 12.1 Å². The molecule has 0 saturated heterocycles. The van der Waals surface area contributed by atoms with E-state index in [1.54, 1.807) is 0 Å². The molecule has 0 unspecified atom stereocenters. The van der Waals surface area contributed by atoms with Crippen LogP contribution in [0, 0.1) is 5.82 Å². The molecule has 1 aromatic heterocycles. The number of benzene rings is 1. The number of halogens is 4. The van der Waals surface area contributed by atoms with Crippen LogP contribution in [-0.4, -0.2) is 35.2 Å². The van der Waals surface area contributed by atoms with Crippen molar-refractivity contribution in [3.8, 4) is 17.1 Å². The van der Waals surface area contributed by atoms with Gasteiger partial charge in [0.05, 0.1) is 0 Å². The molecule has 2 aromatic rings. The molecule has 0 aliphatic carbocycles. The van der Waals surface area contributed by atoms with E-state index in [4.69, 9.17) is 4.74 Å². The number of hydrogen-bond donors (Lipinski definition) is 0. The third-order valence-electron chi connectivity index (χ3n) is 3.24. The Hall–Kier alpha value is -2.16.